The third-order valence-corrected chi connectivity index (χ3v) is 8.16. The molecule has 0 aliphatic carbocycles. The maximum atomic E-state index is 12.7. The third kappa shape index (κ3) is 6.27. The molecule has 0 saturated carbocycles. The van der Waals surface area contributed by atoms with Crippen molar-refractivity contribution in [3.63, 3.8) is 0 Å². The number of carbonyl (C=O) groups excluding carboxylic acids is 1. The molecule has 1 amide bonds. The Morgan fingerprint density at radius 2 is 1.66 bits per heavy atom. The minimum absolute atomic E-state index is 0.0327. The molecule has 2 aliphatic rings. The number of hydrogen-bond donors (Lipinski definition) is 1. The van der Waals surface area contributed by atoms with E-state index in [0.29, 0.717) is 23.8 Å². The van der Waals surface area contributed by atoms with Crippen LogP contribution in [0.15, 0.2) is 65.6 Å². The Balaban J connectivity index is 1.11. The highest BCUT2D eigenvalue weighted by Crippen LogP contribution is 2.33. The van der Waals surface area contributed by atoms with E-state index in [4.69, 9.17) is 37.4 Å². The fourth-order valence-corrected chi connectivity index (χ4v) is 5.69. The SMILES string of the molecule is O=C(COc1ccc(S(=O)(=O)Nc2ccc(Cl)cc2)cc1Cl)N1CCN(Cc2ccc3c(c2)OCO3)CC1. The van der Waals surface area contributed by atoms with Crippen molar-refractivity contribution in [1.29, 1.82) is 0 Å². The molecule has 2 heterocycles. The van der Waals surface area contributed by atoms with Gasteiger partial charge in [0, 0.05) is 43.4 Å². The van der Waals surface area contributed by atoms with Crippen molar-refractivity contribution in [1.82, 2.24) is 9.80 Å². The van der Waals surface area contributed by atoms with Crippen molar-refractivity contribution in [3.05, 3.63) is 76.3 Å². The number of hydrogen-bond acceptors (Lipinski definition) is 7. The zero-order valence-electron chi connectivity index (χ0n) is 20.2. The van der Waals surface area contributed by atoms with Crippen LogP contribution in [0.3, 0.4) is 0 Å². The molecule has 1 fully saturated rings. The summed E-state index contributed by atoms with van der Waals surface area (Å²) in [5, 5.41) is 0.584. The van der Waals surface area contributed by atoms with E-state index in [1.807, 2.05) is 18.2 Å². The molecule has 0 bridgehead atoms. The van der Waals surface area contributed by atoms with Crippen molar-refractivity contribution < 1.29 is 27.4 Å². The van der Waals surface area contributed by atoms with E-state index in [-0.39, 0.29) is 35.0 Å². The fraction of sp³-hybridized carbons (Fsp3) is 0.269. The van der Waals surface area contributed by atoms with Gasteiger partial charge in [-0.1, -0.05) is 29.3 Å². The number of sulfonamides is 1. The normalized spacial score (nSPS) is 15.4. The van der Waals surface area contributed by atoms with Crippen molar-refractivity contribution >= 4 is 44.8 Å². The Labute approximate surface area is 230 Å². The average Bonchev–Trinajstić information content (AvgIpc) is 3.37. The van der Waals surface area contributed by atoms with Crippen LogP contribution in [0.25, 0.3) is 0 Å². The number of benzene rings is 3. The Hall–Kier alpha value is -3.18. The minimum atomic E-state index is -3.87. The maximum Gasteiger partial charge on any atom is 0.261 e. The summed E-state index contributed by atoms with van der Waals surface area (Å²) in [5.41, 5.74) is 1.49. The van der Waals surface area contributed by atoms with E-state index >= 15 is 0 Å². The fourth-order valence-electron chi connectivity index (χ4n) is 4.18. The second-order valence-corrected chi connectivity index (χ2v) is 11.4. The lowest BCUT2D eigenvalue weighted by atomic mass is 10.1. The summed E-state index contributed by atoms with van der Waals surface area (Å²) in [4.78, 5) is 16.7. The van der Waals surface area contributed by atoms with E-state index in [2.05, 4.69) is 9.62 Å². The summed E-state index contributed by atoms with van der Waals surface area (Å²) < 4.78 is 44.3. The summed E-state index contributed by atoms with van der Waals surface area (Å²) in [5.74, 6) is 1.59. The number of ether oxygens (including phenoxy) is 3. The molecule has 3 aromatic rings. The Morgan fingerprint density at radius 3 is 2.39 bits per heavy atom. The van der Waals surface area contributed by atoms with Gasteiger partial charge >= 0.3 is 0 Å². The van der Waals surface area contributed by atoms with E-state index in [0.717, 1.165) is 36.7 Å². The van der Waals surface area contributed by atoms with Crippen LogP contribution in [0, 0.1) is 0 Å². The van der Waals surface area contributed by atoms with E-state index in [9.17, 15) is 13.2 Å². The summed E-state index contributed by atoms with van der Waals surface area (Å²) in [7, 11) is -3.87. The molecule has 38 heavy (non-hydrogen) atoms. The topological polar surface area (TPSA) is 97.4 Å². The van der Waals surface area contributed by atoms with E-state index in [1.54, 1.807) is 29.2 Å². The van der Waals surface area contributed by atoms with Gasteiger partial charge in [-0.15, -0.1) is 0 Å². The average molecular weight is 578 g/mol. The van der Waals surface area contributed by atoms with Gasteiger partial charge in [-0.25, -0.2) is 8.42 Å². The van der Waals surface area contributed by atoms with E-state index in [1.165, 1.54) is 18.2 Å². The number of halogens is 2. The molecule has 1 saturated heterocycles. The summed E-state index contributed by atoms with van der Waals surface area (Å²) in [6.45, 7) is 3.42. The zero-order chi connectivity index (χ0) is 26.7. The van der Waals surface area contributed by atoms with Crippen LogP contribution >= 0.6 is 23.2 Å². The Kier molecular flexibility index (Phi) is 7.85. The number of piperazine rings is 1. The number of fused-ring (bicyclic) bond motifs is 1. The molecule has 2 aliphatic heterocycles. The van der Waals surface area contributed by atoms with Crippen LogP contribution in [0.1, 0.15) is 5.56 Å². The predicted octanol–water partition coefficient (Wildman–Crippen LogP) is 4.25. The van der Waals surface area contributed by atoms with Crippen molar-refractivity contribution in [2.24, 2.45) is 0 Å². The molecule has 200 valence electrons. The van der Waals surface area contributed by atoms with Crippen molar-refractivity contribution in [2.45, 2.75) is 11.4 Å². The molecule has 9 nitrogen and oxygen atoms in total. The van der Waals surface area contributed by atoms with Gasteiger partial charge in [0.1, 0.15) is 5.75 Å². The van der Waals surface area contributed by atoms with Crippen LogP contribution < -0.4 is 18.9 Å². The first-order valence-corrected chi connectivity index (χ1v) is 14.1. The van der Waals surface area contributed by atoms with Gasteiger partial charge in [-0.05, 0) is 60.2 Å². The lowest BCUT2D eigenvalue weighted by Gasteiger charge is -2.34. The number of nitrogens with zero attached hydrogens (tertiary/aromatic N) is 2. The number of rotatable bonds is 8. The van der Waals surface area contributed by atoms with Crippen LogP contribution in [-0.2, 0) is 21.4 Å². The molecule has 0 radical (unpaired) electrons. The number of carbonyl (C=O) groups is 1. The van der Waals surface area contributed by atoms with E-state index < -0.39 is 10.0 Å². The molecular formula is C26H25Cl2N3O6S. The second-order valence-electron chi connectivity index (χ2n) is 8.84. The van der Waals surface area contributed by atoms with Gasteiger partial charge in [-0.3, -0.25) is 14.4 Å². The molecule has 1 N–H and O–H groups in total. The zero-order valence-corrected chi connectivity index (χ0v) is 22.6. The first-order chi connectivity index (χ1) is 18.3. The summed E-state index contributed by atoms with van der Waals surface area (Å²) in [6, 6.07) is 16.3. The van der Waals surface area contributed by atoms with Crippen LogP contribution in [0.5, 0.6) is 17.2 Å². The van der Waals surface area contributed by atoms with Gasteiger partial charge in [-0.2, -0.15) is 0 Å². The summed E-state index contributed by atoms with van der Waals surface area (Å²) in [6.07, 6.45) is 0. The smallest absolute Gasteiger partial charge is 0.261 e. The van der Waals surface area contributed by atoms with Gasteiger partial charge in [0.25, 0.3) is 15.9 Å². The largest absolute Gasteiger partial charge is 0.482 e. The van der Waals surface area contributed by atoms with Gasteiger partial charge < -0.3 is 19.1 Å². The number of anilines is 1. The number of nitrogens with one attached hydrogen (secondary N) is 1. The van der Waals surface area contributed by atoms with Gasteiger partial charge in [0.05, 0.1) is 9.92 Å². The van der Waals surface area contributed by atoms with Crippen LogP contribution in [0.4, 0.5) is 5.69 Å². The quantitative estimate of drug-likeness (QED) is 0.427. The third-order valence-electron chi connectivity index (χ3n) is 6.23. The number of amides is 1. The molecule has 5 rings (SSSR count). The Morgan fingerprint density at radius 1 is 0.921 bits per heavy atom. The molecular weight excluding hydrogens is 553 g/mol. The van der Waals surface area contributed by atoms with Gasteiger partial charge in [0.2, 0.25) is 6.79 Å². The lowest BCUT2D eigenvalue weighted by molar-refractivity contribution is -0.135. The summed E-state index contributed by atoms with van der Waals surface area (Å²) >= 11 is 12.1. The van der Waals surface area contributed by atoms with Crippen LogP contribution in [-0.4, -0.2) is 63.7 Å². The Bertz CT molecular complexity index is 1430. The molecule has 12 heteroatoms. The highest BCUT2D eigenvalue weighted by molar-refractivity contribution is 7.92. The maximum absolute atomic E-state index is 12.7. The predicted molar refractivity (Wildman–Crippen MR) is 144 cm³/mol. The standard InChI is InChI=1S/C26H25Cl2N3O6S/c27-19-2-4-20(5-3-19)29-38(33,34)21-6-8-23(22(28)14-21)35-16-26(32)31-11-9-30(10-12-31)15-18-1-7-24-25(13-18)37-17-36-24/h1-8,13-14,29H,9-12,15-17H2. The molecule has 3 aromatic carbocycles. The van der Waals surface area contributed by atoms with Gasteiger partial charge in [0.15, 0.2) is 18.1 Å². The lowest BCUT2D eigenvalue weighted by Crippen LogP contribution is -2.49. The second kappa shape index (κ2) is 11.3. The molecule has 0 spiro atoms. The molecule has 0 unspecified atom stereocenters. The molecule has 0 aromatic heterocycles. The highest BCUT2D eigenvalue weighted by atomic mass is 35.5. The highest BCUT2D eigenvalue weighted by Gasteiger charge is 2.23. The first-order valence-electron chi connectivity index (χ1n) is 11.9. The monoisotopic (exact) mass is 577 g/mol. The van der Waals surface area contributed by atoms with Crippen molar-refractivity contribution in [3.8, 4) is 17.2 Å². The minimum Gasteiger partial charge on any atom is -0.482 e. The first kappa shape index (κ1) is 26.4. The molecule has 0 atom stereocenters. The van der Waals surface area contributed by atoms with Crippen molar-refractivity contribution in [2.75, 3.05) is 44.3 Å². The van der Waals surface area contributed by atoms with Crippen LogP contribution in [0.2, 0.25) is 10.0 Å².